The van der Waals surface area contributed by atoms with E-state index >= 15 is 0 Å². The lowest BCUT2D eigenvalue weighted by atomic mass is 10.2. The number of hydrogen-bond donors (Lipinski definition) is 1. The number of thioether (sulfide) groups is 1. The highest BCUT2D eigenvalue weighted by atomic mass is 32.2. The van der Waals surface area contributed by atoms with Gasteiger partial charge in [-0.05, 0) is 29.8 Å². The van der Waals surface area contributed by atoms with Crippen molar-refractivity contribution in [2.45, 2.75) is 11.5 Å². The fourth-order valence-corrected chi connectivity index (χ4v) is 2.55. The summed E-state index contributed by atoms with van der Waals surface area (Å²) in [5, 5.41) is 2.79. The van der Waals surface area contributed by atoms with Gasteiger partial charge in [0.2, 0.25) is 5.91 Å². The molecular weight excluding hydrogens is 289 g/mol. The van der Waals surface area contributed by atoms with Crippen LogP contribution in [-0.4, -0.2) is 18.8 Å². The third-order valence-electron chi connectivity index (χ3n) is 2.72. The van der Waals surface area contributed by atoms with Gasteiger partial charge in [-0.25, -0.2) is 4.39 Å². The summed E-state index contributed by atoms with van der Waals surface area (Å²) in [6.07, 6.45) is 0. The molecule has 0 aliphatic heterocycles. The fourth-order valence-electron chi connectivity index (χ4n) is 1.81. The van der Waals surface area contributed by atoms with Gasteiger partial charge in [0, 0.05) is 17.7 Å². The van der Waals surface area contributed by atoms with Gasteiger partial charge in [-0.2, -0.15) is 0 Å². The Labute approximate surface area is 127 Å². The van der Waals surface area contributed by atoms with Crippen molar-refractivity contribution in [3.05, 3.63) is 59.9 Å². The fraction of sp³-hybridized carbons (Fsp3) is 0.188. The highest BCUT2D eigenvalue weighted by Gasteiger charge is 2.07. The lowest BCUT2D eigenvalue weighted by Gasteiger charge is -2.07. The van der Waals surface area contributed by atoms with E-state index in [1.54, 1.807) is 25.3 Å². The molecular formula is C16H16FNO2S. The number of halogens is 1. The number of hydrogen-bond acceptors (Lipinski definition) is 3. The van der Waals surface area contributed by atoms with Gasteiger partial charge in [-0.1, -0.05) is 24.3 Å². The Bertz CT molecular complexity index is 619. The molecule has 1 N–H and O–H groups in total. The number of carbonyl (C=O) groups is 1. The zero-order chi connectivity index (χ0) is 15.1. The minimum atomic E-state index is -0.308. The summed E-state index contributed by atoms with van der Waals surface area (Å²) >= 11 is 1.18. The van der Waals surface area contributed by atoms with Crippen LogP contribution in [0.3, 0.4) is 0 Å². The normalized spacial score (nSPS) is 10.4. The molecule has 0 aromatic heterocycles. The topological polar surface area (TPSA) is 38.3 Å². The minimum absolute atomic E-state index is 0.162. The largest absolute Gasteiger partial charge is 0.380 e. The minimum Gasteiger partial charge on any atom is -0.380 e. The molecule has 1 amide bonds. The summed E-state index contributed by atoms with van der Waals surface area (Å²) in [6.45, 7) is 0.494. The van der Waals surface area contributed by atoms with Crippen molar-refractivity contribution < 1.29 is 13.9 Å². The Kier molecular flexibility index (Phi) is 5.78. The van der Waals surface area contributed by atoms with E-state index < -0.39 is 0 Å². The van der Waals surface area contributed by atoms with Crippen molar-refractivity contribution in [2.24, 2.45) is 0 Å². The average molecular weight is 305 g/mol. The first-order valence-corrected chi connectivity index (χ1v) is 7.42. The Hall–Kier alpha value is -1.85. The number of carbonyl (C=O) groups excluding carboxylic acids is 1. The number of anilines is 1. The molecule has 0 saturated heterocycles. The van der Waals surface area contributed by atoms with Crippen LogP contribution < -0.4 is 5.32 Å². The van der Waals surface area contributed by atoms with Crippen molar-refractivity contribution in [3.8, 4) is 0 Å². The number of nitrogens with one attached hydrogen (secondary N) is 1. The van der Waals surface area contributed by atoms with Crippen molar-refractivity contribution in [1.82, 2.24) is 0 Å². The zero-order valence-corrected chi connectivity index (χ0v) is 12.5. The Morgan fingerprint density at radius 1 is 1.24 bits per heavy atom. The van der Waals surface area contributed by atoms with Crippen molar-refractivity contribution in [1.29, 1.82) is 0 Å². The summed E-state index contributed by atoms with van der Waals surface area (Å²) in [5.74, 6) is -0.315. The second kappa shape index (κ2) is 7.81. The van der Waals surface area contributed by atoms with Gasteiger partial charge >= 0.3 is 0 Å². The molecule has 0 aliphatic rings. The average Bonchev–Trinajstić information content (AvgIpc) is 2.47. The maximum absolute atomic E-state index is 13.4. The van der Waals surface area contributed by atoms with Gasteiger partial charge in [0.15, 0.2) is 0 Å². The van der Waals surface area contributed by atoms with Crippen molar-refractivity contribution >= 4 is 23.4 Å². The van der Waals surface area contributed by atoms with Gasteiger partial charge in [-0.3, -0.25) is 4.79 Å². The monoisotopic (exact) mass is 305 g/mol. The molecule has 2 aromatic carbocycles. The van der Waals surface area contributed by atoms with Crippen LogP contribution in [0.4, 0.5) is 10.1 Å². The predicted molar refractivity (Wildman–Crippen MR) is 82.9 cm³/mol. The van der Waals surface area contributed by atoms with Crippen LogP contribution in [0.1, 0.15) is 5.56 Å². The van der Waals surface area contributed by atoms with Crippen LogP contribution in [0.5, 0.6) is 0 Å². The molecule has 0 radical (unpaired) electrons. The molecule has 0 unspecified atom stereocenters. The highest BCUT2D eigenvalue weighted by molar-refractivity contribution is 8.00. The van der Waals surface area contributed by atoms with E-state index in [-0.39, 0.29) is 17.5 Å². The summed E-state index contributed by atoms with van der Waals surface area (Å²) in [5.41, 5.74) is 1.70. The van der Waals surface area contributed by atoms with Crippen LogP contribution in [0, 0.1) is 5.82 Å². The lowest BCUT2D eigenvalue weighted by molar-refractivity contribution is -0.113. The van der Waals surface area contributed by atoms with Gasteiger partial charge in [-0.15, -0.1) is 11.8 Å². The molecule has 0 saturated carbocycles. The first-order valence-electron chi connectivity index (χ1n) is 6.44. The van der Waals surface area contributed by atoms with E-state index in [1.165, 1.54) is 17.8 Å². The highest BCUT2D eigenvalue weighted by Crippen LogP contribution is 2.21. The van der Waals surface area contributed by atoms with Crippen LogP contribution in [-0.2, 0) is 16.1 Å². The maximum Gasteiger partial charge on any atom is 0.234 e. The van der Waals surface area contributed by atoms with Crippen LogP contribution in [0.15, 0.2) is 53.4 Å². The lowest BCUT2D eigenvalue weighted by Crippen LogP contribution is -2.14. The van der Waals surface area contributed by atoms with E-state index in [0.29, 0.717) is 17.2 Å². The summed E-state index contributed by atoms with van der Waals surface area (Å²) in [6, 6.07) is 13.9. The van der Waals surface area contributed by atoms with Crippen LogP contribution in [0.25, 0.3) is 0 Å². The third kappa shape index (κ3) is 4.88. The van der Waals surface area contributed by atoms with Gasteiger partial charge < -0.3 is 10.1 Å². The first-order chi connectivity index (χ1) is 10.2. The number of rotatable bonds is 6. The molecule has 0 bridgehead atoms. The van der Waals surface area contributed by atoms with Gasteiger partial charge in [0.1, 0.15) is 5.82 Å². The molecule has 2 rings (SSSR count). The molecule has 5 heteroatoms. The summed E-state index contributed by atoms with van der Waals surface area (Å²) in [7, 11) is 1.62. The first kappa shape index (κ1) is 15.5. The van der Waals surface area contributed by atoms with Crippen molar-refractivity contribution in [3.63, 3.8) is 0 Å². The molecule has 2 aromatic rings. The van der Waals surface area contributed by atoms with Gasteiger partial charge in [0.25, 0.3) is 0 Å². The molecule has 0 spiro atoms. The molecule has 3 nitrogen and oxygen atoms in total. The van der Waals surface area contributed by atoms with E-state index in [9.17, 15) is 9.18 Å². The molecule has 21 heavy (non-hydrogen) atoms. The van der Waals surface area contributed by atoms with E-state index in [0.717, 1.165) is 5.56 Å². The summed E-state index contributed by atoms with van der Waals surface area (Å²) < 4.78 is 18.5. The molecule has 0 atom stereocenters. The second-order valence-corrected chi connectivity index (χ2v) is 5.42. The molecule has 110 valence electrons. The summed E-state index contributed by atoms with van der Waals surface area (Å²) in [4.78, 5) is 12.4. The number of ether oxygens (including phenoxy) is 1. The number of benzene rings is 2. The van der Waals surface area contributed by atoms with E-state index in [1.807, 2.05) is 24.3 Å². The van der Waals surface area contributed by atoms with Crippen molar-refractivity contribution in [2.75, 3.05) is 18.2 Å². The van der Waals surface area contributed by atoms with E-state index in [4.69, 9.17) is 4.74 Å². The Morgan fingerprint density at radius 3 is 2.81 bits per heavy atom. The second-order valence-electron chi connectivity index (χ2n) is 4.40. The SMILES string of the molecule is COCc1cccc(NC(=O)CSc2ccccc2F)c1. The Morgan fingerprint density at radius 2 is 2.05 bits per heavy atom. The van der Waals surface area contributed by atoms with Crippen LogP contribution in [0.2, 0.25) is 0 Å². The number of methoxy groups -OCH3 is 1. The molecule has 0 heterocycles. The zero-order valence-electron chi connectivity index (χ0n) is 11.6. The molecule has 0 fully saturated rings. The number of amides is 1. The predicted octanol–water partition coefficient (Wildman–Crippen LogP) is 3.70. The molecule has 0 aliphatic carbocycles. The quantitative estimate of drug-likeness (QED) is 0.827. The maximum atomic E-state index is 13.4. The standard InChI is InChI=1S/C16H16FNO2S/c1-20-10-12-5-4-6-13(9-12)18-16(19)11-21-15-8-3-2-7-14(15)17/h2-9H,10-11H2,1H3,(H,18,19). The van der Waals surface area contributed by atoms with E-state index in [2.05, 4.69) is 5.32 Å². The Balaban J connectivity index is 1.90. The smallest absolute Gasteiger partial charge is 0.234 e. The third-order valence-corrected chi connectivity index (χ3v) is 3.77. The van der Waals surface area contributed by atoms with Crippen LogP contribution >= 0.6 is 11.8 Å². The van der Waals surface area contributed by atoms with Gasteiger partial charge in [0.05, 0.1) is 12.4 Å².